The summed E-state index contributed by atoms with van der Waals surface area (Å²) in [6.07, 6.45) is 2.88. The minimum atomic E-state index is -1.74. The highest BCUT2D eigenvalue weighted by atomic mass is 28.3. The van der Waals surface area contributed by atoms with Gasteiger partial charge in [-0.1, -0.05) is 26.1 Å². The maximum absolute atomic E-state index is 14.7. The number of halogens is 1. The molecule has 8 nitrogen and oxygen atoms in total. The lowest BCUT2D eigenvalue weighted by molar-refractivity contribution is -0.121. The average molecular weight is 498 g/mol. The van der Waals surface area contributed by atoms with E-state index >= 15 is 0 Å². The molecule has 5 rings (SSSR count). The molecule has 1 aliphatic carbocycles. The normalized spacial score (nSPS) is 18.3. The van der Waals surface area contributed by atoms with E-state index in [4.69, 9.17) is 4.42 Å². The number of hydrogen-bond donors (Lipinski definition) is 3. The van der Waals surface area contributed by atoms with Crippen LogP contribution in [0.15, 0.2) is 22.6 Å². The van der Waals surface area contributed by atoms with Crippen LogP contribution in [0.3, 0.4) is 0 Å². The molecule has 0 atom stereocenters. The number of aromatic amines is 1. The summed E-state index contributed by atoms with van der Waals surface area (Å²) < 4.78 is 20.3. The second-order valence-electron chi connectivity index (χ2n) is 11.3. The molecule has 0 spiro atoms. The number of hydrogen-bond acceptors (Lipinski definition) is 4. The number of urea groups is 1. The van der Waals surface area contributed by atoms with Crippen molar-refractivity contribution in [3.8, 4) is 0 Å². The van der Waals surface area contributed by atoms with Crippen LogP contribution in [0.4, 0.5) is 20.7 Å². The number of aromatic nitrogens is 2. The molecule has 1 saturated carbocycles. The van der Waals surface area contributed by atoms with Gasteiger partial charge in [-0.2, -0.15) is 5.10 Å². The summed E-state index contributed by atoms with van der Waals surface area (Å²) >= 11 is 0. The fraction of sp³-hybridized carbons (Fsp3) is 0.480. The summed E-state index contributed by atoms with van der Waals surface area (Å²) in [6, 6.07) is 4.27. The number of aryl methyl sites for hydroxylation is 1. The number of carbonyl (C=O) groups is 2. The molecule has 3 N–H and O–H groups in total. The molecule has 0 bridgehead atoms. The Balaban J connectivity index is 1.40. The fourth-order valence-electron chi connectivity index (χ4n) is 5.52. The topological polar surface area (TPSA) is 103 Å². The van der Waals surface area contributed by atoms with Crippen LogP contribution in [-0.4, -0.2) is 35.1 Å². The zero-order valence-electron chi connectivity index (χ0n) is 21.1. The van der Waals surface area contributed by atoms with Crippen LogP contribution in [0.25, 0.3) is 11.0 Å². The van der Waals surface area contributed by atoms with E-state index in [0.717, 1.165) is 30.5 Å². The lowest BCUT2D eigenvalue weighted by Crippen LogP contribution is -2.52. The van der Waals surface area contributed by atoms with Crippen molar-refractivity contribution in [1.29, 1.82) is 0 Å². The summed E-state index contributed by atoms with van der Waals surface area (Å²) in [5.41, 5.74) is 1.10. The largest absolute Gasteiger partial charge is 0.459 e. The Labute approximate surface area is 204 Å². The molecule has 3 aromatic rings. The van der Waals surface area contributed by atoms with E-state index in [1.807, 2.05) is 13.8 Å². The molecule has 0 radical (unpaired) electrons. The zero-order valence-corrected chi connectivity index (χ0v) is 22.1. The molecule has 10 heteroatoms. The second-order valence-corrected chi connectivity index (χ2v) is 16.8. The number of rotatable bonds is 4. The maximum atomic E-state index is 14.7. The van der Waals surface area contributed by atoms with Crippen LogP contribution < -0.4 is 10.6 Å². The van der Waals surface area contributed by atoms with Gasteiger partial charge in [0.2, 0.25) is 5.91 Å². The number of anilines is 2. The molecule has 3 amide bonds. The Morgan fingerprint density at radius 2 is 1.91 bits per heavy atom. The van der Waals surface area contributed by atoms with E-state index in [1.165, 1.54) is 6.07 Å². The van der Waals surface area contributed by atoms with E-state index < -0.39 is 25.5 Å². The smallest absolute Gasteiger partial charge is 0.323 e. The van der Waals surface area contributed by atoms with Crippen LogP contribution in [0.1, 0.15) is 50.1 Å². The SMILES string of the molecule is Cc1cc2ccc(F)c(NC(=O)N3Cc4c(NC(=O)C5([Si](C)(C)C)CCC5)n[nH]c4C3(C)C)c2o1. The predicted molar refractivity (Wildman–Crippen MR) is 136 cm³/mol. The first-order valence-corrected chi connectivity index (χ1v) is 15.5. The van der Waals surface area contributed by atoms with Crippen molar-refractivity contribution >= 4 is 42.5 Å². The quantitative estimate of drug-likeness (QED) is 0.380. The number of nitrogens with one attached hydrogen (secondary N) is 3. The Bertz CT molecular complexity index is 1350. The summed E-state index contributed by atoms with van der Waals surface area (Å²) in [7, 11) is -1.74. The van der Waals surface area contributed by atoms with Crippen LogP contribution in [0, 0.1) is 12.7 Å². The van der Waals surface area contributed by atoms with Crippen molar-refractivity contribution in [1.82, 2.24) is 15.1 Å². The van der Waals surface area contributed by atoms with Gasteiger partial charge in [0.1, 0.15) is 11.4 Å². The van der Waals surface area contributed by atoms with Crippen LogP contribution in [0.2, 0.25) is 24.7 Å². The highest BCUT2D eigenvalue weighted by Gasteiger charge is 2.54. The number of carbonyl (C=O) groups excluding carboxylic acids is 2. The van der Waals surface area contributed by atoms with Gasteiger partial charge in [0.05, 0.1) is 25.9 Å². The minimum Gasteiger partial charge on any atom is -0.459 e. The number of benzene rings is 1. The number of amides is 3. The fourth-order valence-corrected chi connectivity index (χ4v) is 8.12. The van der Waals surface area contributed by atoms with Crippen LogP contribution in [-0.2, 0) is 16.9 Å². The van der Waals surface area contributed by atoms with Gasteiger partial charge in [-0.25, -0.2) is 9.18 Å². The van der Waals surface area contributed by atoms with E-state index in [-0.39, 0.29) is 23.2 Å². The molecular formula is C25H32FN5O3Si. The van der Waals surface area contributed by atoms with E-state index in [1.54, 1.807) is 24.0 Å². The van der Waals surface area contributed by atoms with Gasteiger partial charge in [-0.3, -0.25) is 9.89 Å². The highest BCUT2D eigenvalue weighted by molar-refractivity contribution is 6.83. The van der Waals surface area contributed by atoms with E-state index in [9.17, 15) is 14.0 Å². The van der Waals surface area contributed by atoms with Crippen molar-refractivity contribution in [2.75, 3.05) is 10.6 Å². The monoisotopic (exact) mass is 497 g/mol. The van der Waals surface area contributed by atoms with Gasteiger partial charge < -0.3 is 20.0 Å². The molecular weight excluding hydrogens is 465 g/mol. The molecule has 2 aromatic heterocycles. The molecule has 35 heavy (non-hydrogen) atoms. The summed E-state index contributed by atoms with van der Waals surface area (Å²) in [5.74, 6) is 0.557. The first kappa shape index (κ1) is 23.6. The predicted octanol–water partition coefficient (Wildman–Crippen LogP) is 6.09. The first-order chi connectivity index (χ1) is 16.3. The molecule has 2 aliphatic rings. The third-order valence-corrected chi connectivity index (χ3v) is 11.6. The van der Waals surface area contributed by atoms with Crippen molar-refractivity contribution in [2.45, 2.75) is 76.8 Å². The van der Waals surface area contributed by atoms with E-state index in [2.05, 4.69) is 40.5 Å². The lowest BCUT2D eigenvalue weighted by atomic mass is 9.83. The second kappa shape index (κ2) is 7.68. The van der Waals surface area contributed by atoms with Crippen LogP contribution >= 0.6 is 0 Å². The zero-order chi connectivity index (χ0) is 25.3. The molecule has 1 aliphatic heterocycles. The third-order valence-electron chi connectivity index (χ3n) is 8.02. The van der Waals surface area contributed by atoms with Crippen molar-refractivity contribution in [3.63, 3.8) is 0 Å². The van der Waals surface area contributed by atoms with E-state index in [0.29, 0.717) is 22.5 Å². The summed E-state index contributed by atoms with van der Waals surface area (Å²) in [4.78, 5) is 28.3. The molecule has 186 valence electrons. The molecule has 0 unspecified atom stereocenters. The van der Waals surface area contributed by atoms with Gasteiger partial charge in [0.25, 0.3) is 0 Å². The Morgan fingerprint density at radius 3 is 2.54 bits per heavy atom. The van der Waals surface area contributed by atoms with Crippen molar-refractivity contribution in [2.24, 2.45) is 0 Å². The lowest BCUT2D eigenvalue weighted by Gasteiger charge is -2.48. The molecule has 0 saturated heterocycles. The Morgan fingerprint density at radius 1 is 1.20 bits per heavy atom. The van der Waals surface area contributed by atoms with Gasteiger partial charge in [-0.15, -0.1) is 0 Å². The number of H-pyrrole nitrogens is 1. The number of fused-ring (bicyclic) bond motifs is 2. The minimum absolute atomic E-state index is 0.0145. The summed E-state index contributed by atoms with van der Waals surface area (Å²) in [6.45, 7) is 12.5. The van der Waals surface area contributed by atoms with Crippen molar-refractivity contribution in [3.05, 3.63) is 41.0 Å². The summed E-state index contributed by atoms with van der Waals surface area (Å²) in [5, 5.41) is 13.6. The number of nitrogens with zero attached hydrogens (tertiary/aromatic N) is 2. The molecule has 3 heterocycles. The first-order valence-electron chi connectivity index (χ1n) is 12.0. The van der Waals surface area contributed by atoms with Crippen molar-refractivity contribution < 1.29 is 18.4 Å². The van der Waals surface area contributed by atoms with Gasteiger partial charge in [0.15, 0.2) is 17.2 Å². The van der Waals surface area contributed by atoms with Gasteiger partial charge in [-0.05, 0) is 51.8 Å². The number of furan rings is 1. The van der Waals surface area contributed by atoms with Gasteiger partial charge in [0, 0.05) is 16.0 Å². The maximum Gasteiger partial charge on any atom is 0.323 e. The molecule has 1 fully saturated rings. The Kier molecular flexibility index (Phi) is 5.17. The van der Waals surface area contributed by atoms with Gasteiger partial charge >= 0.3 is 6.03 Å². The Hall–Kier alpha value is -3.14. The molecule has 1 aromatic carbocycles. The average Bonchev–Trinajstić information content (AvgIpc) is 3.36. The third kappa shape index (κ3) is 3.49. The highest BCUT2D eigenvalue weighted by Crippen LogP contribution is 2.56. The standard InChI is InChI=1S/C25H32FN5O3Si/c1-14-12-15-8-9-17(26)18(19(15)34-14)27-23(33)31-13-16-20(24(31,2)3)29-30-21(16)28-22(32)25(10-7-11-25)35(4,5)6/h8-9,12H,7,10-11,13H2,1-6H3,(H,27,33)(H2,28,29,30,32). The van der Waals surface area contributed by atoms with Crippen LogP contribution in [0.5, 0.6) is 0 Å².